The van der Waals surface area contributed by atoms with Gasteiger partial charge in [0.05, 0.1) is 22.6 Å². The highest BCUT2D eigenvalue weighted by Crippen LogP contribution is 2.60. The molecule has 0 radical (unpaired) electrons. The number of carboxylic acids is 1. The fraction of sp³-hybridized carbons (Fsp3) is 0.353. The van der Waals surface area contributed by atoms with E-state index in [4.69, 9.17) is 5.11 Å². The zero-order valence-corrected chi connectivity index (χ0v) is 12.0. The van der Waals surface area contributed by atoms with Gasteiger partial charge < -0.3 is 5.11 Å². The maximum absolute atomic E-state index is 12.9. The fourth-order valence-electron chi connectivity index (χ4n) is 4.33. The molecule has 0 unspecified atom stereocenters. The van der Waals surface area contributed by atoms with Crippen molar-refractivity contribution in [2.24, 2.45) is 23.2 Å². The molecule has 4 atom stereocenters. The summed E-state index contributed by atoms with van der Waals surface area (Å²) in [6.07, 6.45) is 4.95. The molecule has 112 valence electrons. The maximum Gasteiger partial charge on any atom is 0.335 e. The molecule has 0 spiro atoms. The van der Waals surface area contributed by atoms with Gasteiger partial charge in [-0.1, -0.05) is 18.2 Å². The van der Waals surface area contributed by atoms with Crippen molar-refractivity contribution < 1.29 is 19.5 Å². The van der Waals surface area contributed by atoms with Crippen molar-refractivity contribution >= 4 is 23.5 Å². The molecule has 2 bridgehead atoms. The molecule has 1 N–H and O–H groups in total. The Labute approximate surface area is 127 Å². The molecule has 2 fully saturated rings. The predicted octanol–water partition coefficient (Wildman–Crippen LogP) is 2.09. The standard InChI is InChI=1S/C17H15NO4/c1-17-11-6-5-9(7-11)13(17)14(19)18(16(17)22)12-4-2-3-10(8-12)15(20)21/h2-6,8-9,11,13H,7H2,1H3,(H,20,21)/t9-,11-,13+,17-/m0/s1. The molecule has 2 amide bonds. The second-order valence-corrected chi connectivity index (χ2v) is 6.49. The number of fused-ring (bicyclic) bond motifs is 5. The first-order valence-corrected chi connectivity index (χ1v) is 7.34. The molecule has 1 saturated carbocycles. The molecule has 1 aliphatic heterocycles. The third-order valence-corrected chi connectivity index (χ3v) is 5.46. The number of rotatable bonds is 2. The third kappa shape index (κ3) is 1.41. The SMILES string of the molecule is C[C@@]12C(=O)N(c3cccc(C(=O)O)c3)C(=O)[C@H]1[C@H]1C=C[C@H]2C1. The molecule has 5 heteroatoms. The normalized spacial score (nSPS) is 35.3. The smallest absolute Gasteiger partial charge is 0.335 e. The van der Waals surface area contributed by atoms with E-state index >= 15 is 0 Å². The Kier molecular flexibility index (Phi) is 2.45. The van der Waals surface area contributed by atoms with E-state index < -0.39 is 11.4 Å². The van der Waals surface area contributed by atoms with E-state index in [2.05, 4.69) is 0 Å². The molecule has 1 aromatic rings. The van der Waals surface area contributed by atoms with E-state index in [1.807, 2.05) is 19.1 Å². The molecule has 1 saturated heterocycles. The first kappa shape index (κ1) is 13.2. The zero-order chi connectivity index (χ0) is 15.6. The summed E-state index contributed by atoms with van der Waals surface area (Å²) >= 11 is 0. The van der Waals surface area contributed by atoms with Crippen LogP contribution in [0.1, 0.15) is 23.7 Å². The van der Waals surface area contributed by atoms with Gasteiger partial charge in [-0.2, -0.15) is 0 Å². The van der Waals surface area contributed by atoms with Crippen LogP contribution in [0.15, 0.2) is 36.4 Å². The predicted molar refractivity (Wildman–Crippen MR) is 78.2 cm³/mol. The van der Waals surface area contributed by atoms with Crippen molar-refractivity contribution in [3.05, 3.63) is 42.0 Å². The lowest BCUT2D eigenvalue weighted by molar-refractivity contribution is -0.127. The van der Waals surface area contributed by atoms with Gasteiger partial charge in [0, 0.05) is 0 Å². The van der Waals surface area contributed by atoms with Crippen molar-refractivity contribution in [1.29, 1.82) is 0 Å². The lowest BCUT2D eigenvalue weighted by Crippen LogP contribution is -2.37. The molecule has 0 aromatic heterocycles. The molecule has 1 heterocycles. The number of carboxylic acid groups (broad SMARTS) is 1. The second kappa shape index (κ2) is 4.06. The van der Waals surface area contributed by atoms with Gasteiger partial charge in [0.25, 0.3) is 0 Å². The summed E-state index contributed by atoms with van der Waals surface area (Å²) in [5.41, 5.74) is -0.262. The largest absolute Gasteiger partial charge is 0.478 e. The van der Waals surface area contributed by atoms with E-state index in [9.17, 15) is 14.4 Å². The minimum absolute atomic E-state index is 0.0707. The van der Waals surface area contributed by atoms with E-state index in [0.29, 0.717) is 5.69 Å². The number of benzene rings is 1. The van der Waals surface area contributed by atoms with Crippen LogP contribution in [0.25, 0.3) is 0 Å². The number of imide groups is 1. The van der Waals surface area contributed by atoms with Crippen molar-refractivity contribution in [2.75, 3.05) is 4.90 Å². The van der Waals surface area contributed by atoms with Crippen LogP contribution in [0.5, 0.6) is 0 Å². The highest BCUT2D eigenvalue weighted by Gasteiger charge is 2.67. The maximum atomic E-state index is 12.9. The number of carbonyl (C=O) groups excluding carboxylic acids is 2. The van der Waals surface area contributed by atoms with E-state index in [1.165, 1.54) is 17.0 Å². The van der Waals surface area contributed by atoms with Crippen LogP contribution in [0.2, 0.25) is 0 Å². The zero-order valence-electron chi connectivity index (χ0n) is 12.0. The van der Waals surface area contributed by atoms with Gasteiger partial charge in [-0.05, 0) is 43.4 Å². The van der Waals surface area contributed by atoms with Crippen LogP contribution in [0.3, 0.4) is 0 Å². The average Bonchev–Trinajstić information content (AvgIpc) is 3.12. The summed E-state index contributed by atoms with van der Waals surface area (Å²) in [6.45, 7) is 1.87. The number of amides is 2. The summed E-state index contributed by atoms with van der Waals surface area (Å²) in [4.78, 5) is 38.0. The molecule has 5 nitrogen and oxygen atoms in total. The number of allylic oxidation sites excluding steroid dienone is 2. The Morgan fingerprint density at radius 2 is 2.09 bits per heavy atom. The first-order chi connectivity index (χ1) is 10.4. The Hall–Kier alpha value is -2.43. The molecule has 2 aliphatic carbocycles. The van der Waals surface area contributed by atoms with Crippen molar-refractivity contribution in [3.8, 4) is 0 Å². The van der Waals surface area contributed by atoms with Crippen molar-refractivity contribution in [2.45, 2.75) is 13.3 Å². The number of nitrogens with zero attached hydrogens (tertiary/aromatic N) is 1. The van der Waals surface area contributed by atoms with E-state index in [1.54, 1.807) is 12.1 Å². The number of aromatic carboxylic acids is 1. The summed E-state index contributed by atoms with van der Waals surface area (Å²) in [5, 5.41) is 9.09. The van der Waals surface area contributed by atoms with Gasteiger partial charge >= 0.3 is 5.97 Å². The van der Waals surface area contributed by atoms with Gasteiger partial charge in [-0.25, -0.2) is 9.69 Å². The van der Waals surface area contributed by atoms with Crippen LogP contribution >= 0.6 is 0 Å². The average molecular weight is 297 g/mol. The van der Waals surface area contributed by atoms with Crippen LogP contribution in [-0.4, -0.2) is 22.9 Å². The van der Waals surface area contributed by atoms with Crippen molar-refractivity contribution in [1.82, 2.24) is 0 Å². The topological polar surface area (TPSA) is 74.7 Å². The lowest BCUT2D eigenvalue weighted by atomic mass is 9.71. The molecule has 1 aromatic carbocycles. The molecular weight excluding hydrogens is 282 g/mol. The Balaban J connectivity index is 1.79. The fourth-order valence-corrected chi connectivity index (χ4v) is 4.33. The van der Waals surface area contributed by atoms with Crippen LogP contribution in [0.4, 0.5) is 5.69 Å². The van der Waals surface area contributed by atoms with E-state index in [0.717, 1.165) is 6.42 Å². The Morgan fingerprint density at radius 1 is 1.32 bits per heavy atom. The van der Waals surface area contributed by atoms with Gasteiger partial charge in [-0.15, -0.1) is 0 Å². The summed E-state index contributed by atoms with van der Waals surface area (Å²) in [5.74, 6) is -1.57. The van der Waals surface area contributed by atoms with Gasteiger partial charge in [0.2, 0.25) is 11.8 Å². The van der Waals surface area contributed by atoms with Crippen LogP contribution < -0.4 is 4.90 Å². The number of hydrogen-bond acceptors (Lipinski definition) is 3. The number of carbonyl (C=O) groups is 3. The number of hydrogen-bond donors (Lipinski definition) is 1. The Bertz CT molecular complexity index is 753. The van der Waals surface area contributed by atoms with Crippen LogP contribution in [-0.2, 0) is 9.59 Å². The van der Waals surface area contributed by atoms with E-state index in [-0.39, 0.29) is 35.1 Å². The number of anilines is 1. The minimum atomic E-state index is -1.07. The first-order valence-electron chi connectivity index (χ1n) is 7.34. The third-order valence-electron chi connectivity index (χ3n) is 5.46. The quantitative estimate of drug-likeness (QED) is 0.670. The second-order valence-electron chi connectivity index (χ2n) is 6.49. The molecular formula is C17H15NO4. The highest BCUT2D eigenvalue weighted by atomic mass is 16.4. The summed E-state index contributed by atoms with van der Waals surface area (Å²) in [7, 11) is 0. The summed E-state index contributed by atoms with van der Waals surface area (Å²) < 4.78 is 0. The van der Waals surface area contributed by atoms with Gasteiger partial charge in [0.15, 0.2) is 0 Å². The Morgan fingerprint density at radius 3 is 2.77 bits per heavy atom. The highest BCUT2D eigenvalue weighted by molar-refractivity contribution is 6.24. The molecule has 4 rings (SSSR count). The summed E-state index contributed by atoms with van der Waals surface area (Å²) in [6, 6.07) is 6.01. The minimum Gasteiger partial charge on any atom is -0.478 e. The van der Waals surface area contributed by atoms with Crippen LogP contribution in [0, 0.1) is 23.2 Å². The lowest BCUT2D eigenvalue weighted by Gasteiger charge is -2.28. The van der Waals surface area contributed by atoms with Gasteiger partial charge in [0.1, 0.15) is 0 Å². The van der Waals surface area contributed by atoms with Gasteiger partial charge in [-0.3, -0.25) is 9.59 Å². The molecule has 3 aliphatic rings. The molecule has 22 heavy (non-hydrogen) atoms. The van der Waals surface area contributed by atoms with Crippen molar-refractivity contribution in [3.63, 3.8) is 0 Å². The monoisotopic (exact) mass is 297 g/mol.